The lowest BCUT2D eigenvalue weighted by molar-refractivity contribution is 0.200. The van der Waals surface area contributed by atoms with Gasteiger partial charge in [-0.25, -0.2) is 4.79 Å². The van der Waals surface area contributed by atoms with Crippen molar-refractivity contribution in [1.29, 1.82) is 0 Å². The highest BCUT2D eigenvalue weighted by Gasteiger charge is 2.04. The van der Waals surface area contributed by atoms with Crippen molar-refractivity contribution >= 4 is 17.4 Å². The molecule has 0 aliphatic rings. The molecule has 21 heavy (non-hydrogen) atoms. The Hall–Kier alpha value is -2.29. The van der Waals surface area contributed by atoms with Crippen LogP contribution in [-0.2, 0) is 6.54 Å². The first-order chi connectivity index (χ1) is 10.3. The zero-order chi connectivity index (χ0) is 14.9. The molecular formula is C16H15NO3S. The molecule has 0 spiro atoms. The second kappa shape index (κ2) is 8.10. The molecule has 2 rings (SSSR count). The monoisotopic (exact) mass is 301 g/mol. The Labute approximate surface area is 127 Å². The molecule has 0 radical (unpaired) electrons. The summed E-state index contributed by atoms with van der Waals surface area (Å²) in [6.45, 7) is 0.467. The largest absolute Gasteiger partial charge is 0.412 e. The van der Waals surface area contributed by atoms with Crippen molar-refractivity contribution in [3.8, 4) is 17.6 Å². The standard InChI is InChI=1S/C16H15NO3S/c18-9-5-4-6-13-10-15(21-12-13)11-17-16(19)20-14-7-2-1-3-8-14/h1-3,7-8,10,12,18H,5,9,11H2,(H,17,19). The van der Waals surface area contributed by atoms with E-state index in [4.69, 9.17) is 9.84 Å². The Morgan fingerprint density at radius 3 is 2.90 bits per heavy atom. The molecule has 2 N–H and O–H groups in total. The first kappa shape index (κ1) is 15.1. The van der Waals surface area contributed by atoms with Crippen molar-refractivity contribution in [2.75, 3.05) is 6.61 Å². The summed E-state index contributed by atoms with van der Waals surface area (Å²) in [6.07, 6.45) is -0.0187. The average Bonchev–Trinajstić information content (AvgIpc) is 2.94. The van der Waals surface area contributed by atoms with E-state index in [0.717, 1.165) is 10.4 Å². The van der Waals surface area contributed by atoms with Crippen LogP contribution in [0.2, 0.25) is 0 Å². The van der Waals surface area contributed by atoms with Gasteiger partial charge in [0.2, 0.25) is 0 Å². The second-order valence-electron chi connectivity index (χ2n) is 4.13. The van der Waals surface area contributed by atoms with Gasteiger partial charge in [-0.1, -0.05) is 30.0 Å². The first-order valence-electron chi connectivity index (χ1n) is 6.46. The fraction of sp³-hybridized carbons (Fsp3) is 0.188. The summed E-state index contributed by atoms with van der Waals surface area (Å²) in [4.78, 5) is 12.6. The van der Waals surface area contributed by atoms with E-state index in [-0.39, 0.29) is 6.61 Å². The Balaban J connectivity index is 1.81. The minimum atomic E-state index is -0.484. The van der Waals surface area contributed by atoms with Gasteiger partial charge in [0, 0.05) is 22.2 Å². The predicted octanol–water partition coefficient (Wildman–Crippen LogP) is 2.77. The molecule has 0 aliphatic carbocycles. The Morgan fingerprint density at radius 2 is 2.14 bits per heavy atom. The van der Waals surface area contributed by atoms with Crippen molar-refractivity contribution in [1.82, 2.24) is 5.32 Å². The number of carbonyl (C=O) groups excluding carboxylic acids is 1. The van der Waals surface area contributed by atoms with Crippen molar-refractivity contribution < 1.29 is 14.6 Å². The highest BCUT2D eigenvalue weighted by Crippen LogP contribution is 2.14. The van der Waals surface area contributed by atoms with E-state index in [9.17, 15) is 4.79 Å². The van der Waals surface area contributed by atoms with E-state index in [0.29, 0.717) is 18.7 Å². The van der Waals surface area contributed by atoms with Crippen LogP contribution in [0, 0.1) is 11.8 Å². The molecule has 1 aromatic heterocycles. The van der Waals surface area contributed by atoms with E-state index in [1.807, 2.05) is 17.5 Å². The number of ether oxygens (including phenoxy) is 1. The lowest BCUT2D eigenvalue weighted by Gasteiger charge is -2.04. The van der Waals surface area contributed by atoms with Crippen LogP contribution in [0.3, 0.4) is 0 Å². The summed E-state index contributed by atoms with van der Waals surface area (Å²) < 4.78 is 5.12. The van der Waals surface area contributed by atoms with Gasteiger partial charge in [0.05, 0.1) is 13.2 Å². The van der Waals surface area contributed by atoms with Crippen molar-refractivity contribution in [2.45, 2.75) is 13.0 Å². The van der Waals surface area contributed by atoms with Crippen LogP contribution in [-0.4, -0.2) is 17.8 Å². The summed E-state index contributed by atoms with van der Waals surface area (Å²) in [7, 11) is 0. The molecule has 108 valence electrons. The molecule has 1 aromatic carbocycles. The fourth-order valence-corrected chi connectivity index (χ4v) is 2.31. The fourth-order valence-electron chi connectivity index (χ4n) is 1.55. The van der Waals surface area contributed by atoms with Crippen LogP contribution >= 0.6 is 11.3 Å². The Bertz CT molecular complexity index is 640. The van der Waals surface area contributed by atoms with E-state index < -0.39 is 6.09 Å². The second-order valence-corrected chi connectivity index (χ2v) is 5.13. The topological polar surface area (TPSA) is 58.6 Å². The minimum absolute atomic E-state index is 0.0663. The summed E-state index contributed by atoms with van der Waals surface area (Å²) >= 11 is 1.52. The molecule has 0 saturated heterocycles. The molecule has 4 nitrogen and oxygen atoms in total. The number of thiophene rings is 1. The van der Waals surface area contributed by atoms with Gasteiger partial charge >= 0.3 is 6.09 Å². The molecule has 5 heteroatoms. The molecule has 0 saturated carbocycles. The van der Waals surface area contributed by atoms with Gasteiger partial charge in [-0.3, -0.25) is 0 Å². The Morgan fingerprint density at radius 1 is 1.33 bits per heavy atom. The van der Waals surface area contributed by atoms with E-state index >= 15 is 0 Å². The number of hydrogen-bond acceptors (Lipinski definition) is 4. The van der Waals surface area contributed by atoms with Crippen LogP contribution in [0.5, 0.6) is 5.75 Å². The highest BCUT2D eigenvalue weighted by atomic mass is 32.1. The molecule has 1 amide bonds. The lowest BCUT2D eigenvalue weighted by Crippen LogP contribution is -2.25. The number of benzene rings is 1. The average molecular weight is 301 g/mol. The zero-order valence-electron chi connectivity index (χ0n) is 11.3. The van der Waals surface area contributed by atoms with Crippen LogP contribution < -0.4 is 10.1 Å². The van der Waals surface area contributed by atoms with E-state index in [2.05, 4.69) is 17.2 Å². The van der Waals surface area contributed by atoms with Crippen LogP contribution in [0.25, 0.3) is 0 Å². The van der Waals surface area contributed by atoms with Gasteiger partial charge in [0.15, 0.2) is 0 Å². The predicted molar refractivity (Wildman–Crippen MR) is 82.2 cm³/mol. The Kier molecular flexibility index (Phi) is 5.83. The lowest BCUT2D eigenvalue weighted by atomic mass is 10.3. The molecule has 0 unspecified atom stereocenters. The maximum Gasteiger partial charge on any atom is 0.412 e. The molecule has 0 fully saturated rings. The van der Waals surface area contributed by atoms with Gasteiger partial charge in [0.25, 0.3) is 0 Å². The number of rotatable bonds is 4. The highest BCUT2D eigenvalue weighted by molar-refractivity contribution is 7.10. The summed E-state index contributed by atoms with van der Waals surface area (Å²) in [5.41, 5.74) is 0.890. The molecular weight excluding hydrogens is 286 g/mol. The maximum atomic E-state index is 11.6. The van der Waals surface area contributed by atoms with Crippen LogP contribution in [0.15, 0.2) is 41.8 Å². The SMILES string of the molecule is O=C(NCc1cc(C#CCCO)cs1)Oc1ccccc1. The molecule has 2 aromatic rings. The van der Waals surface area contributed by atoms with Crippen molar-refractivity contribution in [3.63, 3.8) is 0 Å². The summed E-state index contributed by atoms with van der Waals surface area (Å²) in [5.74, 6) is 6.32. The number of nitrogens with one attached hydrogen (secondary N) is 1. The van der Waals surface area contributed by atoms with Gasteiger partial charge in [-0.2, -0.15) is 0 Å². The van der Waals surface area contributed by atoms with Gasteiger partial charge < -0.3 is 15.2 Å². The first-order valence-corrected chi connectivity index (χ1v) is 7.34. The maximum absolute atomic E-state index is 11.6. The number of para-hydroxylation sites is 1. The van der Waals surface area contributed by atoms with Gasteiger partial charge in [-0.15, -0.1) is 11.3 Å². The third-order valence-electron chi connectivity index (χ3n) is 2.48. The summed E-state index contributed by atoms with van der Waals surface area (Å²) in [6, 6.07) is 10.8. The third kappa shape index (κ3) is 5.30. The number of aliphatic hydroxyl groups excluding tert-OH is 1. The number of hydrogen-bond donors (Lipinski definition) is 2. The number of amides is 1. The van der Waals surface area contributed by atoms with Crippen LogP contribution in [0.4, 0.5) is 4.79 Å². The number of carbonyl (C=O) groups is 1. The van der Waals surface area contributed by atoms with Crippen molar-refractivity contribution in [2.24, 2.45) is 0 Å². The molecule has 0 bridgehead atoms. The minimum Gasteiger partial charge on any atom is -0.410 e. The molecule has 1 heterocycles. The molecule has 0 atom stereocenters. The van der Waals surface area contributed by atoms with Crippen molar-refractivity contribution in [3.05, 3.63) is 52.2 Å². The van der Waals surface area contributed by atoms with Gasteiger partial charge in [-0.05, 0) is 18.2 Å². The zero-order valence-corrected chi connectivity index (χ0v) is 12.2. The van der Waals surface area contributed by atoms with E-state index in [1.54, 1.807) is 24.3 Å². The smallest absolute Gasteiger partial charge is 0.410 e. The van der Waals surface area contributed by atoms with Gasteiger partial charge in [0.1, 0.15) is 5.75 Å². The third-order valence-corrected chi connectivity index (χ3v) is 3.42. The quantitative estimate of drug-likeness (QED) is 0.854. The molecule has 0 aliphatic heterocycles. The summed E-state index contributed by atoms with van der Waals surface area (Å²) in [5, 5.41) is 13.3. The van der Waals surface area contributed by atoms with Crippen LogP contribution in [0.1, 0.15) is 16.9 Å². The number of aliphatic hydroxyl groups is 1. The van der Waals surface area contributed by atoms with E-state index in [1.165, 1.54) is 11.3 Å². The normalized spacial score (nSPS) is 9.57.